The molecule has 2 unspecified atom stereocenters. The average Bonchev–Trinajstić information content (AvgIpc) is 3.40. The van der Waals surface area contributed by atoms with Gasteiger partial charge in [-0.05, 0) is 104 Å². The Labute approximate surface area is 193 Å². The first kappa shape index (κ1) is 20.5. The smallest absolute Gasteiger partial charge is 0.145 e. The molecule has 4 heteroatoms. The Morgan fingerprint density at radius 2 is 1.85 bits per heavy atom. The number of hydrogen-bond acceptors (Lipinski definition) is 3. The van der Waals surface area contributed by atoms with Crippen LogP contribution in [0.1, 0.15) is 61.3 Å². The first-order chi connectivity index (χ1) is 16.1. The minimum atomic E-state index is -0.201. The minimum Gasteiger partial charge on any atom is -0.299 e. The van der Waals surface area contributed by atoms with Gasteiger partial charge >= 0.3 is 0 Å². The Kier molecular flexibility index (Phi) is 4.83. The molecule has 0 radical (unpaired) electrons. The summed E-state index contributed by atoms with van der Waals surface area (Å²) in [6.45, 7) is 0. The van der Waals surface area contributed by atoms with Gasteiger partial charge < -0.3 is 0 Å². The molecule has 2 aromatic heterocycles. The van der Waals surface area contributed by atoms with Crippen LogP contribution in [-0.2, 0) is 11.2 Å². The third-order valence-corrected chi connectivity index (χ3v) is 8.65. The van der Waals surface area contributed by atoms with E-state index in [0.29, 0.717) is 35.9 Å². The summed E-state index contributed by atoms with van der Waals surface area (Å²) in [7, 11) is 0. The molecule has 33 heavy (non-hydrogen) atoms. The number of aromatic nitrogens is 2. The average molecular weight is 439 g/mol. The highest BCUT2D eigenvalue weighted by atomic mass is 19.1. The molecule has 2 heterocycles. The summed E-state index contributed by atoms with van der Waals surface area (Å²) in [5.74, 6) is 5.01. The number of terminal acetylenes is 1. The van der Waals surface area contributed by atoms with Gasteiger partial charge in [-0.15, -0.1) is 6.42 Å². The van der Waals surface area contributed by atoms with E-state index in [2.05, 4.69) is 22.0 Å². The first-order valence-corrected chi connectivity index (χ1v) is 12.0. The topological polar surface area (TPSA) is 42.9 Å². The number of carbonyl (C=O) groups is 1. The van der Waals surface area contributed by atoms with Gasteiger partial charge in [0.15, 0.2) is 0 Å². The normalized spacial score (nSPS) is 27.3. The van der Waals surface area contributed by atoms with Crippen LogP contribution in [0.2, 0.25) is 0 Å². The zero-order valence-corrected chi connectivity index (χ0v) is 18.6. The highest BCUT2D eigenvalue weighted by molar-refractivity contribution is 5.89. The lowest BCUT2D eigenvalue weighted by molar-refractivity contribution is -0.125. The van der Waals surface area contributed by atoms with Crippen LogP contribution in [0.4, 0.5) is 4.39 Å². The molecule has 1 aromatic carbocycles. The number of nitrogens with zero attached hydrogens (tertiary/aromatic N) is 2. The van der Waals surface area contributed by atoms with E-state index in [9.17, 15) is 9.18 Å². The van der Waals surface area contributed by atoms with E-state index in [-0.39, 0.29) is 11.2 Å². The van der Waals surface area contributed by atoms with Gasteiger partial charge in [0.1, 0.15) is 11.6 Å². The standard InChI is InChI=1S/C29H27FN2O/c1-2-18-3-5-24(32-17-18)16-28(33)29(8-9-29)22-13-19-11-21(12-20(19)14-22)25-7-10-31-27-6-4-23(30)15-26(25)27/h1,3-7,10,15,17,19-22H,8-9,11-14,16H2/t19-,20+,21?,22?. The number of Topliss-reactive ketones (excluding diaryl/α,β-unsaturated/α-hetero) is 1. The van der Waals surface area contributed by atoms with Crippen molar-refractivity contribution in [2.45, 2.75) is 50.9 Å². The largest absolute Gasteiger partial charge is 0.299 e. The van der Waals surface area contributed by atoms with Crippen LogP contribution < -0.4 is 0 Å². The summed E-state index contributed by atoms with van der Waals surface area (Å²) in [5.41, 5.74) is 3.55. The predicted octanol–water partition coefficient (Wildman–Crippen LogP) is 5.86. The lowest BCUT2D eigenvalue weighted by atomic mass is 9.79. The van der Waals surface area contributed by atoms with Crippen LogP contribution in [0.25, 0.3) is 10.9 Å². The summed E-state index contributed by atoms with van der Waals surface area (Å²) in [5, 5.41) is 0.955. The highest BCUT2D eigenvalue weighted by Gasteiger charge is 2.58. The second-order valence-corrected chi connectivity index (χ2v) is 10.4. The van der Waals surface area contributed by atoms with Crippen molar-refractivity contribution in [3.8, 4) is 12.3 Å². The van der Waals surface area contributed by atoms with Gasteiger partial charge in [-0.2, -0.15) is 0 Å². The highest BCUT2D eigenvalue weighted by Crippen LogP contribution is 2.64. The van der Waals surface area contributed by atoms with E-state index in [0.717, 1.165) is 60.7 Å². The molecular formula is C29H27FN2O. The zero-order valence-electron chi connectivity index (χ0n) is 18.6. The Morgan fingerprint density at radius 1 is 1.06 bits per heavy atom. The van der Waals surface area contributed by atoms with Gasteiger partial charge in [-0.3, -0.25) is 14.8 Å². The van der Waals surface area contributed by atoms with Crippen LogP contribution in [0.5, 0.6) is 0 Å². The lowest BCUT2D eigenvalue weighted by Gasteiger charge is -2.24. The second kappa shape index (κ2) is 7.76. The van der Waals surface area contributed by atoms with Crippen molar-refractivity contribution in [3.63, 3.8) is 0 Å². The molecule has 3 nitrogen and oxygen atoms in total. The quantitative estimate of drug-likeness (QED) is 0.469. The molecule has 0 spiro atoms. The number of hydrogen-bond donors (Lipinski definition) is 0. The van der Waals surface area contributed by atoms with Crippen molar-refractivity contribution in [2.24, 2.45) is 23.2 Å². The molecule has 166 valence electrons. The zero-order chi connectivity index (χ0) is 22.6. The van der Waals surface area contributed by atoms with Crippen molar-refractivity contribution in [1.29, 1.82) is 0 Å². The summed E-state index contributed by atoms with van der Waals surface area (Å²) in [4.78, 5) is 22.1. The van der Waals surface area contributed by atoms with Gasteiger partial charge in [0.05, 0.1) is 5.52 Å². The summed E-state index contributed by atoms with van der Waals surface area (Å²) in [6.07, 6.45) is 16.0. The number of halogens is 1. The Hall–Kier alpha value is -3.06. The first-order valence-electron chi connectivity index (χ1n) is 12.0. The maximum absolute atomic E-state index is 13.9. The summed E-state index contributed by atoms with van der Waals surface area (Å²) in [6, 6.07) is 10.7. The Balaban J connectivity index is 1.15. The maximum Gasteiger partial charge on any atom is 0.145 e. The van der Waals surface area contributed by atoms with Crippen molar-refractivity contribution >= 4 is 16.7 Å². The molecule has 0 N–H and O–H groups in total. The summed E-state index contributed by atoms with van der Waals surface area (Å²) >= 11 is 0. The van der Waals surface area contributed by atoms with Crippen molar-refractivity contribution in [1.82, 2.24) is 9.97 Å². The monoisotopic (exact) mass is 438 g/mol. The second-order valence-electron chi connectivity index (χ2n) is 10.4. The van der Waals surface area contributed by atoms with Crippen molar-refractivity contribution < 1.29 is 9.18 Å². The van der Waals surface area contributed by atoms with Crippen LogP contribution in [-0.4, -0.2) is 15.8 Å². The van der Waals surface area contributed by atoms with E-state index in [1.807, 2.05) is 18.3 Å². The Bertz CT molecular complexity index is 1260. The van der Waals surface area contributed by atoms with E-state index in [4.69, 9.17) is 6.42 Å². The summed E-state index contributed by atoms with van der Waals surface area (Å²) < 4.78 is 13.9. The van der Waals surface area contributed by atoms with Gasteiger partial charge in [-0.1, -0.05) is 5.92 Å². The molecule has 3 saturated carbocycles. The van der Waals surface area contributed by atoms with E-state index >= 15 is 0 Å². The molecule has 3 aromatic rings. The molecule has 0 saturated heterocycles. The van der Waals surface area contributed by atoms with Crippen LogP contribution in [0, 0.1) is 41.3 Å². The number of rotatable bonds is 5. The number of ketones is 1. The fraction of sp³-hybridized carbons (Fsp3) is 0.414. The molecule has 6 rings (SSSR count). The fourth-order valence-corrected chi connectivity index (χ4v) is 6.82. The fourth-order valence-electron chi connectivity index (χ4n) is 6.82. The molecule has 0 aliphatic heterocycles. The SMILES string of the molecule is C#Cc1ccc(CC(=O)C2(C3C[C@H]4CC(c5ccnc6ccc(F)cc56)C[C@H]4C3)CC2)nc1. The number of benzene rings is 1. The molecule has 3 aliphatic carbocycles. The minimum absolute atomic E-state index is 0.126. The van der Waals surface area contributed by atoms with Crippen LogP contribution >= 0.6 is 0 Å². The van der Waals surface area contributed by atoms with E-state index in [1.54, 1.807) is 18.3 Å². The number of fused-ring (bicyclic) bond motifs is 2. The molecular weight excluding hydrogens is 411 g/mol. The Morgan fingerprint density at radius 3 is 2.52 bits per heavy atom. The van der Waals surface area contributed by atoms with Gasteiger partial charge in [0.25, 0.3) is 0 Å². The lowest BCUT2D eigenvalue weighted by Crippen LogP contribution is -2.26. The van der Waals surface area contributed by atoms with Gasteiger partial charge in [-0.25, -0.2) is 4.39 Å². The maximum atomic E-state index is 13.9. The van der Waals surface area contributed by atoms with E-state index in [1.165, 1.54) is 11.6 Å². The van der Waals surface area contributed by atoms with Gasteiger partial charge in [0.2, 0.25) is 0 Å². The van der Waals surface area contributed by atoms with E-state index < -0.39 is 0 Å². The number of pyridine rings is 2. The molecule has 3 fully saturated rings. The molecule has 0 bridgehead atoms. The van der Waals surface area contributed by atoms with Gasteiger partial charge in [0, 0.05) is 40.9 Å². The molecule has 0 amide bonds. The predicted molar refractivity (Wildman–Crippen MR) is 126 cm³/mol. The third kappa shape index (κ3) is 3.55. The van der Waals surface area contributed by atoms with Crippen LogP contribution in [0.3, 0.4) is 0 Å². The molecule has 3 aliphatic rings. The number of carbonyl (C=O) groups excluding carboxylic acids is 1. The van der Waals surface area contributed by atoms with Crippen molar-refractivity contribution in [2.75, 3.05) is 0 Å². The van der Waals surface area contributed by atoms with Crippen LogP contribution in [0.15, 0.2) is 48.8 Å². The third-order valence-electron chi connectivity index (χ3n) is 8.65. The molecule has 4 atom stereocenters. The van der Waals surface area contributed by atoms with Crippen molar-refractivity contribution in [3.05, 3.63) is 71.4 Å².